The molecule has 18 heavy (non-hydrogen) atoms. The number of halogens is 3. The number of hydrogen-bond acceptors (Lipinski definition) is 3. The fourth-order valence-electron chi connectivity index (χ4n) is 1.53. The summed E-state index contributed by atoms with van der Waals surface area (Å²) in [6.07, 6.45) is -3.26. The summed E-state index contributed by atoms with van der Waals surface area (Å²) in [5.74, 6) is 0. The first-order valence-corrected chi connectivity index (χ1v) is 5.51. The van der Waals surface area contributed by atoms with Gasteiger partial charge >= 0.3 is 13.4 Å². The van der Waals surface area contributed by atoms with Crippen LogP contribution in [-0.4, -0.2) is 28.1 Å². The maximum atomic E-state index is 12.4. The summed E-state index contributed by atoms with van der Waals surface area (Å²) >= 11 is 0. The monoisotopic (exact) mass is 262 g/mol. The minimum Gasteiger partial charge on any atom is -0.383 e. The van der Waals surface area contributed by atoms with Gasteiger partial charge in [-0.1, -0.05) is 0 Å². The molecule has 0 amide bonds. The van der Waals surface area contributed by atoms with Crippen LogP contribution in [0, 0.1) is 0 Å². The highest BCUT2D eigenvalue weighted by Gasteiger charge is 2.53. The Hall–Kier alpha value is -1.02. The maximum Gasteiger partial charge on any atom is 0.615 e. The highest BCUT2D eigenvalue weighted by molar-refractivity contribution is 6.43. The summed E-state index contributed by atoms with van der Waals surface area (Å²) in [6, 6.07) is 0.894. The van der Waals surface area contributed by atoms with Crippen molar-refractivity contribution in [1.82, 2.24) is 9.69 Å². The molecule has 1 aromatic rings. The van der Waals surface area contributed by atoms with Crippen molar-refractivity contribution in [2.24, 2.45) is 0 Å². The van der Waals surface area contributed by atoms with Crippen LogP contribution in [0.1, 0.15) is 33.4 Å². The molecule has 0 radical (unpaired) electrons. The zero-order chi connectivity index (χ0) is 13.8. The molecule has 100 valence electrons. The smallest absolute Gasteiger partial charge is 0.383 e. The van der Waals surface area contributed by atoms with Gasteiger partial charge in [-0.05, 0) is 33.8 Å². The van der Waals surface area contributed by atoms with E-state index in [1.165, 1.54) is 6.20 Å². The Kier molecular flexibility index (Phi) is 2.79. The molecule has 1 fully saturated rings. The lowest BCUT2D eigenvalue weighted by molar-refractivity contribution is -0.141. The summed E-state index contributed by atoms with van der Waals surface area (Å²) in [5, 5.41) is 3.44. The third-order valence-electron chi connectivity index (χ3n) is 3.36. The second kappa shape index (κ2) is 3.74. The topological polar surface area (TPSA) is 36.3 Å². The number of hydrogen-bond donors (Lipinski definition) is 0. The number of aromatic nitrogens is 2. The second-order valence-corrected chi connectivity index (χ2v) is 5.24. The van der Waals surface area contributed by atoms with E-state index in [4.69, 9.17) is 9.31 Å². The molecule has 2 rings (SSSR count). The molecule has 0 saturated carbocycles. The Morgan fingerprint density at radius 3 is 2.06 bits per heavy atom. The van der Waals surface area contributed by atoms with Gasteiger partial charge in [0.05, 0.1) is 11.2 Å². The van der Waals surface area contributed by atoms with Crippen LogP contribution in [-0.2, 0) is 15.5 Å². The van der Waals surface area contributed by atoms with E-state index in [2.05, 4.69) is 5.10 Å². The molecule has 8 heteroatoms. The lowest BCUT2D eigenvalue weighted by Gasteiger charge is -2.32. The summed E-state index contributed by atoms with van der Waals surface area (Å²) in [7, 11) is -0.939. The zero-order valence-corrected chi connectivity index (χ0v) is 10.6. The highest BCUT2D eigenvalue weighted by atomic mass is 19.4. The molecule has 1 aromatic heterocycles. The van der Waals surface area contributed by atoms with Crippen LogP contribution in [0.25, 0.3) is 0 Å². The third-order valence-corrected chi connectivity index (χ3v) is 3.36. The van der Waals surface area contributed by atoms with Gasteiger partial charge in [-0.15, -0.1) is 0 Å². The van der Waals surface area contributed by atoms with Crippen LogP contribution >= 0.6 is 0 Å². The van der Waals surface area contributed by atoms with Gasteiger partial charge in [0, 0.05) is 6.20 Å². The lowest BCUT2D eigenvalue weighted by atomic mass is 9.90. The number of rotatable bonds is 1. The summed E-state index contributed by atoms with van der Waals surface area (Å²) in [4.78, 5) is 0. The number of alkyl halides is 3. The molecular formula is C10H14BF3N2O2. The van der Waals surface area contributed by atoms with Crippen LogP contribution in [0.15, 0.2) is 12.3 Å². The molecule has 0 spiro atoms. The fourth-order valence-corrected chi connectivity index (χ4v) is 1.53. The average Bonchev–Trinajstić information content (AvgIpc) is 2.69. The van der Waals surface area contributed by atoms with E-state index in [-0.39, 0.29) is 0 Å². The van der Waals surface area contributed by atoms with E-state index >= 15 is 0 Å². The van der Waals surface area contributed by atoms with Crippen LogP contribution < -0.4 is 0 Å². The molecule has 0 unspecified atom stereocenters. The van der Waals surface area contributed by atoms with Crippen molar-refractivity contribution in [2.45, 2.75) is 45.1 Å². The standard InChI is InChI=1S/C10H14BF3N2O2/c1-8(2)9(3,4)18-11(17-8)16-6-5-7(15-16)10(12,13)14/h5-6H,1-4H3. The van der Waals surface area contributed by atoms with E-state index in [0.29, 0.717) is 0 Å². The van der Waals surface area contributed by atoms with E-state index < -0.39 is 30.3 Å². The van der Waals surface area contributed by atoms with Gasteiger partial charge in [0.25, 0.3) is 0 Å². The molecule has 0 bridgehead atoms. The van der Waals surface area contributed by atoms with Gasteiger partial charge in [-0.25, -0.2) is 0 Å². The molecule has 0 aromatic carbocycles. The molecule has 2 heterocycles. The van der Waals surface area contributed by atoms with Gasteiger partial charge in [0.15, 0.2) is 5.69 Å². The summed E-state index contributed by atoms with van der Waals surface area (Å²) in [6.45, 7) is 7.28. The molecule has 0 aliphatic carbocycles. The minimum absolute atomic E-state index is 0.609. The van der Waals surface area contributed by atoms with Crippen molar-refractivity contribution >= 4 is 7.25 Å². The van der Waals surface area contributed by atoms with Crippen LogP contribution in [0.5, 0.6) is 0 Å². The zero-order valence-electron chi connectivity index (χ0n) is 10.6. The molecule has 1 aliphatic heterocycles. The first-order valence-electron chi connectivity index (χ1n) is 5.51. The van der Waals surface area contributed by atoms with Gasteiger partial charge in [-0.2, -0.15) is 18.3 Å². The molecule has 1 aliphatic rings. The Labute approximate surface area is 103 Å². The minimum atomic E-state index is -4.46. The normalized spacial score (nSPS) is 22.5. The fraction of sp³-hybridized carbons (Fsp3) is 0.700. The predicted molar refractivity (Wildman–Crippen MR) is 58.7 cm³/mol. The largest absolute Gasteiger partial charge is 0.615 e. The van der Waals surface area contributed by atoms with Gasteiger partial charge < -0.3 is 9.31 Å². The van der Waals surface area contributed by atoms with Gasteiger partial charge in [0.1, 0.15) is 0 Å². The maximum absolute atomic E-state index is 12.4. The van der Waals surface area contributed by atoms with Crippen LogP contribution in [0.3, 0.4) is 0 Å². The average molecular weight is 262 g/mol. The van der Waals surface area contributed by atoms with E-state index in [9.17, 15) is 13.2 Å². The first kappa shape index (κ1) is 13.4. The SMILES string of the molecule is CC1(C)OB(n2ccc(C(F)(F)F)n2)OC1(C)C. The molecule has 1 saturated heterocycles. The van der Waals surface area contributed by atoms with Crippen molar-refractivity contribution in [1.29, 1.82) is 0 Å². The summed E-state index contributed by atoms with van der Waals surface area (Å²) in [5.41, 5.74) is -2.18. The third kappa shape index (κ3) is 2.14. The quantitative estimate of drug-likeness (QED) is 0.729. The molecule has 0 atom stereocenters. The Balaban J connectivity index is 2.23. The predicted octanol–water partition coefficient (Wildman–Crippen LogP) is 2.34. The van der Waals surface area contributed by atoms with Crippen molar-refractivity contribution in [3.63, 3.8) is 0 Å². The van der Waals surface area contributed by atoms with Crippen molar-refractivity contribution in [3.8, 4) is 0 Å². The van der Waals surface area contributed by atoms with E-state index in [1.807, 2.05) is 27.7 Å². The van der Waals surface area contributed by atoms with Crippen molar-refractivity contribution < 1.29 is 22.5 Å². The van der Waals surface area contributed by atoms with E-state index in [0.717, 1.165) is 10.7 Å². The number of nitrogens with zero attached hydrogens (tertiary/aromatic N) is 2. The first-order chi connectivity index (χ1) is 8.03. The second-order valence-electron chi connectivity index (χ2n) is 5.24. The van der Waals surface area contributed by atoms with Crippen LogP contribution in [0.2, 0.25) is 0 Å². The van der Waals surface area contributed by atoms with Gasteiger partial charge in [-0.3, -0.25) is 4.59 Å². The van der Waals surface area contributed by atoms with Crippen molar-refractivity contribution in [2.75, 3.05) is 0 Å². The van der Waals surface area contributed by atoms with Gasteiger partial charge in [0.2, 0.25) is 0 Å². The van der Waals surface area contributed by atoms with E-state index in [1.54, 1.807) is 0 Å². The lowest BCUT2D eigenvalue weighted by Crippen LogP contribution is -2.41. The Morgan fingerprint density at radius 2 is 1.67 bits per heavy atom. The molecule has 0 N–H and O–H groups in total. The Bertz CT molecular complexity index is 440. The van der Waals surface area contributed by atoms with Crippen molar-refractivity contribution in [3.05, 3.63) is 18.0 Å². The molecular weight excluding hydrogens is 248 g/mol. The highest BCUT2D eigenvalue weighted by Crippen LogP contribution is 2.37. The summed E-state index contributed by atoms with van der Waals surface area (Å²) < 4.78 is 49.5. The Morgan fingerprint density at radius 1 is 1.17 bits per heavy atom. The van der Waals surface area contributed by atoms with Crippen LogP contribution in [0.4, 0.5) is 13.2 Å². The molecule has 4 nitrogen and oxygen atoms in total.